The average Bonchev–Trinajstić information content (AvgIpc) is 2.68. The fourth-order valence-corrected chi connectivity index (χ4v) is 5.24. The highest BCUT2D eigenvalue weighted by Crippen LogP contribution is 2.43. The van der Waals surface area contributed by atoms with Gasteiger partial charge in [0.2, 0.25) is 0 Å². The second-order valence-electron chi connectivity index (χ2n) is 10.4. The van der Waals surface area contributed by atoms with Crippen molar-refractivity contribution in [3.63, 3.8) is 0 Å². The lowest BCUT2D eigenvalue weighted by atomic mass is 9.91. The topological polar surface area (TPSA) is 46.5 Å². The van der Waals surface area contributed by atoms with Crippen LogP contribution in [0, 0.1) is 0 Å². The van der Waals surface area contributed by atoms with E-state index in [2.05, 4.69) is 52.9 Å². The number of hydrogen-bond acceptors (Lipinski definition) is 2. The third-order valence-corrected chi connectivity index (χ3v) is 11.3. The molecule has 2 aromatic rings. The number of benzene rings is 2. The molecule has 31 heavy (non-hydrogen) atoms. The molecular weight excluding hydrogens is 400 g/mol. The Bertz CT molecular complexity index is 851. The minimum atomic E-state index is -2.03. The lowest BCUT2D eigenvalue weighted by Crippen LogP contribution is -2.42. The van der Waals surface area contributed by atoms with Crippen LogP contribution in [0.1, 0.15) is 89.9 Å². The zero-order chi connectivity index (χ0) is 23.1. The number of unbranched alkanes of at least 4 members (excludes halogenated alkanes) is 5. The van der Waals surface area contributed by atoms with Crippen LogP contribution in [-0.4, -0.2) is 19.4 Å². The summed E-state index contributed by atoms with van der Waals surface area (Å²) in [5.74, 6) is -0.790. The third-order valence-electron chi connectivity index (χ3n) is 6.79. The number of carbonyl (C=O) groups is 1. The first kappa shape index (κ1) is 25.6. The van der Waals surface area contributed by atoms with E-state index in [1.54, 1.807) is 0 Å². The number of aliphatic carboxylic acids is 1. The first-order valence-electron chi connectivity index (χ1n) is 12.0. The second kappa shape index (κ2) is 11.3. The molecular formula is C27H42O3Si. The summed E-state index contributed by atoms with van der Waals surface area (Å²) in [6.45, 7) is 13.6. The molecule has 3 nitrogen and oxygen atoms in total. The molecule has 1 atom stereocenters. The summed E-state index contributed by atoms with van der Waals surface area (Å²) in [4.78, 5) is 11.7. The molecule has 0 spiro atoms. The zero-order valence-corrected chi connectivity index (χ0v) is 21.5. The number of carboxylic acid groups (broad SMARTS) is 1. The number of fused-ring (bicyclic) bond motifs is 1. The maximum absolute atomic E-state index is 11.7. The highest BCUT2D eigenvalue weighted by atomic mass is 28.4. The van der Waals surface area contributed by atoms with Gasteiger partial charge < -0.3 is 9.53 Å². The van der Waals surface area contributed by atoms with E-state index in [1.165, 1.54) is 32.1 Å². The first-order chi connectivity index (χ1) is 14.6. The molecule has 0 aromatic heterocycles. The number of hydrogen-bond donors (Lipinski definition) is 1. The zero-order valence-electron chi connectivity index (χ0n) is 20.5. The van der Waals surface area contributed by atoms with Crippen molar-refractivity contribution in [2.24, 2.45) is 0 Å². The number of carboxylic acids is 1. The van der Waals surface area contributed by atoms with E-state index < -0.39 is 14.3 Å². The van der Waals surface area contributed by atoms with Crippen molar-refractivity contribution in [3.05, 3.63) is 47.5 Å². The Morgan fingerprint density at radius 1 is 1.00 bits per heavy atom. The Morgan fingerprint density at radius 3 is 2.29 bits per heavy atom. The van der Waals surface area contributed by atoms with Crippen LogP contribution < -0.4 is 0 Å². The van der Waals surface area contributed by atoms with Crippen LogP contribution in [0.4, 0.5) is 0 Å². The SMILES string of the molecule is CCCCCCCCC(O[Si](C)(C)C(C)(C)C)c1c(CC(=O)O)ccc2ccccc12. The number of rotatable bonds is 12. The molecule has 2 aromatic carbocycles. The van der Waals surface area contributed by atoms with Crippen LogP contribution in [0.5, 0.6) is 0 Å². The van der Waals surface area contributed by atoms with Gasteiger partial charge in [0, 0.05) is 0 Å². The largest absolute Gasteiger partial charge is 0.481 e. The highest BCUT2D eigenvalue weighted by molar-refractivity contribution is 6.74. The van der Waals surface area contributed by atoms with Crippen molar-refractivity contribution in [1.82, 2.24) is 0 Å². The van der Waals surface area contributed by atoms with Crippen molar-refractivity contribution in [3.8, 4) is 0 Å². The van der Waals surface area contributed by atoms with E-state index in [1.807, 2.05) is 24.3 Å². The fourth-order valence-electron chi connectivity index (χ4n) is 3.94. The molecule has 0 aliphatic rings. The Morgan fingerprint density at radius 2 is 1.65 bits per heavy atom. The van der Waals surface area contributed by atoms with Gasteiger partial charge in [0.05, 0.1) is 12.5 Å². The van der Waals surface area contributed by atoms with Crippen molar-refractivity contribution < 1.29 is 14.3 Å². The van der Waals surface area contributed by atoms with Gasteiger partial charge in [0.15, 0.2) is 8.32 Å². The molecule has 1 unspecified atom stereocenters. The van der Waals surface area contributed by atoms with E-state index >= 15 is 0 Å². The van der Waals surface area contributed by atoms with Gasteiger partial charge in [-0.15, -0.1) is 0 Å². The van der Waals surface area contributed by atoms with Crippen LogP contribution in [0.15, 0.2) is 36.4 Å². The summed E-state index contributed by atoms with van der Waals surface area (Å²) >= 11 is 0. The van der Waals surface area contributed by atoms with Gasteiger partial charge in [-0.25, -0.2) is 0 Å². The lowest BCUT2D eigenvalue weighted by Gasteiger charge is -2.40. The standard InChI is InChI=1S/C27H42O3Si/c1-7-8-9-10-11-12-17-24(30-31(5,6)27(2,3)4)26-22(20-25(28)29)19-18-21-15-13-14-16-23(21)26/h13-16,18-19,24H,7-12,17,20H2,1-6H3,(H,28,29). The molecule has 0 bridgehead atoms. The molecule has 0 amide bonds. The minimum Gasteiger partial charge on any atom is -0.481 e. The highest BCUT2D eigenvalue weighted by Gasteiger charge is 2.40. The lowest BCUT2D eigenvalue weighted by molar-refractivity contribution is -0.136. The molecule has 0 aliphatic carbocycles. The fraction of sp³-hybridized carbons (Fsp3) is 0.593. The quantitative estimate of drug-likeness (QED) is 0.266. The Kier molecular flexibility index (Phi) is 9.32. The molecule has 0 aliphatic heterocycles. The Hall–Kier alpha value is -1.65. The van der Waals surface area contributed by atoms with E-state index in [4.69, 9.17) is 4.43 Å². The smallest absolute Gasteiger partial charge is 0.307 e. The van der Waals surface area contributed by atoms with Gasteiger partial charge in [-0.05, 0) is 46.5 Å². The Balaban J connectivity index is 2.43. The van der Waals surface area contributed by atoms with Gasteiger partial charge in [-0.2, -0.15) is 0 Å². The third kappa shape index (κ3) is 7.18. The minimum absolute atomic E-state index is 0.0357. The van der Waals surface area contributed by atoms with E-state index in [9.17, 15) is 9.90 Å². The van der Waals surface area contributed by atoms with Crippen LogP contribution in [-0.2, 0) is 15.6 Å². The molecule has 172 valence electrons. The summed E-state index contributed by atoms with van der Waals surface area (Å²) in [7, 11) is -2.03. The predicted molar refractivity (Wildman–Crippen MR) is 134 cm³/mol. The molecule has 4 heteroatoms. The average molecular weight is 443 g/mol. The second-order valence-corrected chi connectivity index (χ2v) is 15.1. The summed E-state index contributed by atoms with van der Waals surface area (Å²) in [5.41, 5.74) is 1.99. The summed E-state index contributed by atoms with van der Waals surface area (Å²) in [6.07, 6.45) is 8.35. The molecule has 1 N–H and O–H groups in total. The van der Waals surface area contributed by atoms with Crippen LogP contribution in [0.2, 0.25) is 18.1 Å². The van der Waals surface area contributed by atoms with Crippen molar-refractivity contribution >= 4 is 25.1 Å². The van der Waals surface area contributed by atoms with Gasteiger partial charge >= 0.3 is 5.97 Å². The first-order valence-corrected chi connectivity index (χ1v) is 14.9. The van der Waals surface area contributed by atoms with E-state index in [0.717, 1.165) is 34.7 Å². The maximum atomic E-state index is 11.7. The van der Waals surface area contributed by atoms with Crippen LogP contribution in [0.3, 0.4) is 0 Å². The summed E-state index contributed by atoms with van der Waals surface area (Å²) in [6, 6.07) is 12.4. The van der Waals surface area contributed by atoms with Gasteiger partial charge in [0.1, 0.15) is 0 Å². The van der Waals surface area contributed by atoms with E-state index in [-0.39, 0.29) is 17.6 Å². The van der Waals surface area contributed by atoms with E-state index in [0.29, 0.717) is 0 Å². The van der Waals surface area contributed by atoms with Crippen LogP contribution in [0.25, 0.3) is 10.8 Å². The molecule has 0 saturated heterocycles. The molecule has 0 radical (unpaired) electrons. The maximum Gasteiger partial charge on any atom is 0.307 e. The van der Waals surface area contributed by atoms with Crippen molar-refractivity contribution in [2.75, 3.05) is 0 Å². The molecule has 2 rings (SSSR count). The van der Waals surface area contributed by atoms with Gasteiger partial charge in [0.25, 0.3) is 0 Å². The van der Waals surface area contributed by atoms with Crippen molar-refractivity contribution in [2.45, 2.75) is 103 Å². The van der Waals surface area contributed by atoms with Gasteiger partial charge in [-0.3, -0.25) is 4.79 Å². The summed E-state index contributed by atoms with van der Waals surface area (Å²) < 4.78 is 6.99. The van der Waals surface area contributed by atoms with Gasteiger partial charge in [-0.1, -0.05) is 103 Å². The van der Waals surface area contributed by atoms with Crippen molar-refractivity contribution in [1.29, 1.82) is 0 Å². The van der Waals surface area contributed by atoms with Crippen LogP contribution >= 0.6 is 0 Å². The Labute approximate surface area is 190 Å². The normalized spacial score (nSPS) is 13.5. The molecule has 0 fully saturated rings. The molecule has 0 heterocycles. The summed E-state index contributed by atoms with van der Waals surface area (Å²) in [5, 5.41) is 12.0. The monoisotopic (exact) mass is 442 g/mol. The molecule has 0 saturated carbocycles. The predicted octanol–water partition coefficient (Wildman–Crippen LogP) is 8.28.